The van der Waals surface area contributed by atoms with Gasteiger partial charge in [0.2, 0.25) is 0 Å². The van der Waals surface area contributed by atoms with E-state index in [2.05, 4.69) is 26.0 Å². The van der Waals surface area contributed by atoms with Crippen LogP contribution < -0.4 is 0 Å². The van der Waals surface area contributed by atoms with Gasteiger partial charge in [-0.2, -0.15) is 5.10 Å². The van der Waals surface area contributed by atoms with E-state index in [4.69, 9.17) is 0 Å². The predicted molar refractivity (Wildman–Crippen MR) is 67.8 cm³/mol. The van der Waals surface area contributed by atoms with Gasteiger partial charge in [0.1, 0.15) is 18.0 Å². The number of halogens is 2. The Morgan fingerprint density at radius 3 is 2.94 bits per heavy atom. The quantitative estimate of drug-likeness (QED) is 0.816. The van der Waals surface area contributed by atoms with Gasteiger partial charge in [-0.15, -0.1) is 0 Å². The molecule has 1 aromatic carbocycles. The van der Waals surface area contributed by atoms with Crippen molar-refractivity contribution < 1.29 is 9.18 Å². The standard InChI is InChI=1S/C12H11BrFN3O/c1-2-17-12(15-7-16-17)6-11(18)9-4-3-8(14)5-10(9)13/h3-5,7H,2,6H2,1H3. The molecule has 0 aliphatic heterocycles. The summed E-state index contributed by atoms with van der Waals surface area (Å²) in [5.41, 5.74) is 0.446. The van der Waals surface area contributed by atoms with Crippen molar-refractivity contribution in [3.8, 4) is 0 Å². The molecule has 6 heteroatoms. The minimum absolute atomic E-state index is 0.121. The normalized spacial score (nSPS) is 10.6. The topological polar surface area (TPSA) is 47.8 Å². The second-order valence-electron chi connectivity index (χ2n) is 3.72. The largest absolute Gasteiger partial charge is 0.294 e. The van der Waals surface area contributed by atoms with Crippen LogP contribution in [-0.2, 0) is 13.0 Å². The summed E-state index contributed by atoms with van der Waals surface area (Å²) in [6.07, 6.45) is 1.57. The molecule has 0 fully saturated rings. The van der Waals surface area contributed by atoms with Crippen LogP contribution in [0.25, 0.3) is 0 Å². The highest BCUT2D eigenvalue weighted by Crippen LogP contribution is 2.19. The van der Waals surface area contributed by atoms with Crippen LogP contribution in [0.1, 0.15) is 23.1 Å². The number of Topliss-reactive ketones (excluding diaryl/α,β-unsaturated/α-hetero) is 1. The lowest BCUT2D eigenvalue weighted by Crippen LogP contribution is -2.11. The van der Waals surface area contributed by atoms with Crippen LogP contribution in [0.5, 0.6) is 0 Å². The van der Waals surface area contributed by atoms with Crippen molar-refractivity contribution in [2.24, 2.45) is 0 Å². The van der Waals surface area contributed by atoms with Gasteiger partial charge in [0.25, 0.3) is 0 Å². The summed E-state index contributed by atoms with van der Waals surface area (Å²) < 4.78 is 15.1. The Hall–Kier alpha value is -1.56. The average Bonchev–Trinajstić information content (AvgIpc) is 2.76. The van der Waals surface area contributed by atoms with Gasteiger partial charge in [-0.25, -0.2) is 14.1 Å². The molecule has 0 saturated carbocycles. The highest BCUT2D eigenvalue weighted by molar-refractivity contribution is 9.10. The van der Waals surface area contributed by atoms with Crippen LogP contribution in [0, 0.1) is 5.82 Å². The van der Waals surface area contributed by atoms with Crippen molar-refractivity contribution in [3.63, 3.8) is 0 Å². The third-order valence-corrected chi connectivity index (χ3v) is 3.20. The molecular formula is C12H11BrFN3O. The zero-order valence-electron chi connectivity index (χ0n) is 9.73. The van der Waals surface area contributed by atoms with E-state index < -0.39 is 0 Å². The van der Waals surface area contributed by atoms with Crippen molar-refractivity contribution in [1.29, 1.82) is 0 Å². The SMILES string of the molecule is CCn1ncnc1CC(=O)c1ccc(F)cc1Br. The molecule has 0 N–H and O–H groups in total. The molecule has 0 spiro atoms. The number of carbonyl (C=O) groups is 1. The minimum Gasteiger partial charge on any atom is -0.294 e. The average molecular weight is 312 g/mol. The molecule has 2 aromatic rings. The molecule has 0 unspecified atom stereocenters. The molecule has 0 radical (unpaired) electrons. The van der Waals surface area contributed by atoms with Gasteiger partial charge in [-0.05, 0) is 41.1 Å². The molecule has 0 amide bonds. The molecule has 18 heavy (non-hydrogen) atoms. The number of nitrogens with zero attached hydrogens (tertiary/aromatic N) is 3. The van der Waals surface area contributed by atoms with Crippen LogP contribution in [-0.4, -0.2) is 20.5 Å². The molecule has 0 bridgehead atoms. The molecule has 1 aromatic heterocycles. The lowest BCUT2D eigenvalue weighted by atomic mass is 10.1. The van der Waals surface area contributed by atoms with Crippen molar-refractivity contribution in [1.82, 2.24) is 14.8 Å². The number of rotatable bonds is 4. The number of hydrogen-bond donors (Lipinski definition) is 0. The van der Waals surface area contributed by atoms with E-state index in [0.29, 0.717) is 22.4 Å². The van der Waals surface area contributed by atoms with E-state index in [-0.39, 0.29) is 18.0 Å². The van der Waals surface area contributed by atoms with Gasteiger partial charge in [-0.1, -0.05) is 0 Å². The maximum absolute atomic E-state index is 12.9. The molecule has 0 aliphatic rings. The third kappa shape index (κ3) is 2.64. The number of ketones is 1. The van der Waals surface area contributed by atoms with E-state index in [9.17, 15) is 9.18 Å². The maximum atomic E-state index is 12.9. The van der Waals surface area contributed by atoms with E-state index in [1.54, 1.807) is 4.68 Å². The highest BCUT2D eigenvalue weighted by Gasteiger charge is 2.14. The number of hydrogen-bond acceptors (Lipinski definition) is 3. The Labute approximate surface area is 112 Å². The van der Waals surface area contributed by atoms with Crippen molar-refractivity contribution in [2.75, 3.05) is 0 Å². The van der Waals surface area contributed by atoms with Gasteiger partial charge in [0.05, 0.1) is 6.42 Å². The fraction of sp³-hybridized carbons (Fsp3) is 0.250. The first kappa shape index (κ1) is 12.9. The summed E-state index contributed by atoms with van der Waals surface area (Å²) >= 11 is 3.18. The summed E-state index contributed by atoms with van der Waals surface area (Å²) in [5.74, 6) is 0.110. The van der Waals surface area contributed by atoms with Crippen molar-refractivity contribution in [3.05, 3.63) is 46.2 Å². The summed E-state index contributed by atoms with van der Waals surface area (Å²) in [5, 5.41) is 4.00. The molecule has 2 rings (SSSR count). The first-order valence-electron chi connectivity index (χ1n) is 5.46. The van der Waals surface area contributed by atoms with Crippen LogP contribution in [0.4, 0.5) is 4.39 Å². The molecule has 0 saturated heterocycles. The first-order chi connectivity index (χ1) is 8.61. The van der Waals surface area contributed by atoms with Gasteiger partial charge in [0, 0.05) is 16.6 Å². The zero-order valence-corrected chi connectivity index (χ0v) is 11.3. The Balaban J connectivity index is 2.22. The lowest BCUT2D eigenvalue weighted by Gasteiger charge is -2.04. The number of benzene rings is 1. The van der Waals surface area contributed by atoms with Crippen molar-refractivity contribution in [2.45, 2.75) is 19.9 Å². The fourth-order valence-electron chi connectivity index (χ4n) is 1.64. The summed E-state index contributed by atoms with van der Waals surface area (Å²) in [7, 11) is 0. The molecule has 1 heterocycles. The Morgan fingerprint density at radius 1 is 1.50 bits per heavy atom. The van der Waals surface area contributed by atoms with E-state index in [1.807, 2.05) is 6.92 Å². The van der Waals surface area contributed by atoms with E-state index in [1.165, 1.54) is 24.5 Å². The second kappa shape index (κ2) is 5.39. The fourth-order valence-corrected chi connectivity index (χ4v) is 2.22. The second-order valence-corrected chi connectivity index (χ2v) is 4.57. The van der Waals surface area contributed by atoms with Gasteiger partial charge < -0.3 is 0 Å². The molecule has 4 nitrogen and oxygen atoms in total. The minimum atomic E-state index is -0.379. The highest BCUT2D eigenvalue weighted by atomic mass is 79.9. The third-order valence-electron chi connectivity index (χ3n) is 2.55. The summed E-state index contributed by atoms with van der Waals surface area (Å²) in [4.78, 5) is 16.1. The number of aryl methyl sites for hydroxylation is 1. The van der Waals surface area contributed by atoms with Crippen LogP contribution in [0.15, 0.2) is 29.0 Å². The molecule has 94 valence electrons. The van der Waals surface area contributed by atoms with Crippen molar-refractivity contribution >= 4 is 21.7 Å². The van der Waals surface area contributed by atoms with E-state index >= 15 is 0 Å². The van der Waals surface area contributed by atoms with E-state index in [0.717, 1.165) is 0 Å². The number of aromatic nitrogens is 3. The Bertz CT molecular complexity index is 582. The maximum Gasteiger partial charge on any atom is 0.171 e. The Morgan fingerprint density at radius 2 is 2.28 bits per heavy atom. The monoisotopic (exact) mass is 311 g/mol. The van der Waals surface area contributed by atoms with Crippen LogP contribution in [0.3, 0.4) is 0 Å². The first-order valence-corrected chi connectivity index (χ1v) is 6.26. The van der Waals surface area contributed by atoms with Gasteiger partial charge in [-0.3, -0.25) is 4.79 Å². The molecular weight excluding hydrogens is 301 g/mol. The molecule has 0 atom stereocenters. The lowest BCUT2D eigenvalue weighted by molar-refractivity contribution is 0.0988. The smallest absolute Gasteiger partial charge is 0.171 e. The van der Waals surface area contributed by atoms with Crippen LogP contribution >= 0.6 is 15.9 Å². The molecule has 0 aliphatic carbocycles. The Kier molecular flexibility index (Phi) is 3.86. The summed E-state index contributed by atoms with van der Waals surface area (Å²) in [6, 6.07) is 4.01. The number of carbonyl (C=O) groups excluding carboxylic acids is 1. The van der Waals surface area contributed by atoms with Gasteiger partial charge >= 0.3 is 0 Å². The van der Waals surface area contributed by atoms with Crippen LogP contribution in [0.2, 0.25) is 0 Å². The van der Waals surface area contributed by atoms with Gasteiger partial charge in [0.15, 0.2) is 5.78 Å². The zero-order chi connectivity index (χ0) is 13.1. The predicted octanol–water partition coefficient (Wildman–Crippen LogP) is 2.63. The summed E-state index contributed by atoms with van der Waals surface area (Å²) in [6.45, 7) is 2.59.